The highest BCUT2D eigenvalue weighted by Gasteiger charge is 2.19. The van der Waals surface area contributed by atoms with Crippen LogP contribution in [0.2, 0.25) is 0 Å². The summed E-state index contributed by atoms with van der Waals surface area (Å²) >= 11 is 0. The average Bonchev–Trinajstić information content (AvgIpc) is 2.28. The molecule has 2 rings (SSSR count). The SMILES string of the molecule is CC1=CN(CC(O)CN2CCCC(C)C2)CC=C1. The lowest BCUT2D eigenvalue weighted by Gasteiger charge is -2.33. The van der Waals surface area contributed by atoms with Crippen LogP contribution in [0, 0.1) is 5.92 Å². The first kappa shape index (κ1) is 13.6. The molecule has 0 aliphatic carbocycles. The van der Waals surface area contributed by atoms with Crippen molar-refractivity contribution in [3.05, 3.63) is 23.9 Å². The van der Waals surface area contributed by atoms with Crippen molar-refractivity contribution < 1.29 is 5.11 Å². The van der Waals surface area contributed by atoms with Crippen molar-refractivity contribution in [1.82, 2.24) is 9.80 Å². The van der Waals surface area contributed by atoms with E-state index in [1.807, 2.05) is 0 Å². The van der Waals surface area contributed by atoms with Crippen LogP contribution in [0.25, 0.3) is 0 Å². The minimum Gasteiger partial charge on any atom is -0.390 e. The molecule has 1 saturated heterocycles. The van der Waals surface area contributed by atoms with Crippen LogP contribution in [0.5, 0.6) is 0 Å². The summed E-state index contributed by atoms with van der Waals surface area (Å²) < 4.78 is 0. The lowest BCUT2D eigenvalue weighted by Crippen LogP contribution is -2.43. The molecule has 2 heterocycles. The van der Waals surface area contributed by atoms with Crippen molar-refractivity contribution in [1.29, 1.82) is 0 Å². The topological polar surface area (TPSA) is 26.7 Å². The second kappa shape index (κ2) is 6.39. The molecule has 2 aliphatic rings. The molecule has 0 aromatic rings. The van der Waals surface area contributed by atoms with Gasteiger partial charge in [0.1, 0.15) is 0 Å². The van der Waals surface area contributed by atoms with Crippen LogP contribution >= 0.6 is 0 Å². The van der Waals surface area contributed by atoms with Gasteiger partial charge in [-0.05, 0) is 37.8 Å². The number of piperidine rings is 1. The summed E-state index contributed by atoms with van der Waals surface area (Å²) in [6.45, 7) is 9.18. The van der Waals surface area contributed by atoms with Crippen LogP contribution in [-0.4, -0.2) is 53.7 Å². The van der Waals surface area contributed by atoms with Crippen LogP contribution < -0.4 is 0 Å². The van der Waals surface area contributed by atoms with Gasteiger partial charge in [0.15, 0.2) is 0 Å². The second-order valence-corrected chi connectivity index (χ2v) is 5.89. The van der Waals surface area contributed by atoms with Crippen molar-refractivity contribution in [2.45, 2.75) is 32.8 Å². The monoisotopic (exact) mass is 250 g/mol. The fraction of sp³-hybridized carbons (Fsp3) is 0.733. The number of aliphatic hydroxyl groups excluding tert-OH is 1. The molecule has 18 heavy (non-hydrogen) atoms. The Labute approximate surface area is 111 Å². The fourth-order valence-corrected chi connectivity index (χ4v) is 2.96. The Kier molecular flexibility index (Phi) is 4.84. The lowest BCUT2D eigenvalue weighted by atomic mass is 10.00. The number of hydrogen-bond donors (Lipinski definition) is 1. The van der Waals surface area contributed by atoms with Crippen LogP contribution in [0.4, 0.5) is 0 Å². The molecule has 1 fully saturated rings. The molecule has 3 nitrogen and oxygen atoms in total. The first-order valence-electron chi connectivity index (χ1n) is 7.13. The first-order valence-corrected chi connectivity index (χ1v) is 7.13. The van der Waals surface area contributed by atoms with Gasteiger partial charge in [-0.25, -0.2) is 0 Å². The third-order valence-electron chi connectivity index (χ3n) is 3.76. The summed E-state index contributed by atoms with van der Waals surface area (Å²) in [5.41, 5.74) is 1.26. The molecule has 0 spiro atoms. The van der Waals surface area contributed by atoms with Gasteiger partial charge in [-0.2, -0.15) is 0 Å². The molecule has 2 unspecified atom stereocenters. The maximum absolute atomic E-state index is 10.2. The van der Waals surface area contributed by atoms with Crippen LogP contribution in [-0.2, 0) is 0 Å². The van der Waals surface area contributed by atoms with Crippen LogP contribution in [0.15, 0.2) is 23.9 Å². The van der Waals surface area contributed by atoms with Crippen LogP contribution in [0.1, 0.15) is 26.7 Å². The van der Waals surface area contributed by atoms with Crippen molar-refractivity contribution in [2.75, 3.05) is 32.7 Å². The van der Waals surface area contributed by atoms with Gasteiger partial charge >= 0.3 is 0 Å². The van der Waals surface area contributed by atoms with Gasteiger partial charge in [0, 0.05) is 32.4 Å². The number of β-amino-alcohol motifs (C(OH)–C–C–N with tert-alkyl or cyclic N) is 1. The molecule has 102 valence electrons. The summed E-state index contributed by atoms with van der Waals surface area (Å²) in [4.78, 5) is 4.61. The first-order chi connectivity index (χ1) is 8.63. The third kappa shape index (κ3) is 4.14. The van der Waals surface area contributed by atoms with Gasteiger partial charge in [0.25, 0.3) is 0 Å². The number of allylic oxidation sites excluding steroid dienone is 2. The predicted molar refractivity (Wildman–Crippen MR) is 75.3 cm³/mol. The molecular formula is C15H26N2O. The minimum atomic E-state index is -0.245. The number of nitrogens with zero attached hydrogens (tertiary/aromatic N) is 2. The van der Waals surface area contributed by atoms with E-state index in [4.69, 9.17) is 0 Å². The molecule has 2 aliphatic heterocycles. The Morgan fingerprint density at radius 1 is 1.44 bits per heavy atom. The van der Waals surface area contributed by atoms with E-state index in [1.54, 1.807) is 0 Å². The molecule has 0 aromatic heterocycles. The fourth-order valence-electron chi connectivity index (χ4n) is 2.96. The Bertz CT molecular complexity index is 324. The summed E-state index contributed by atoms with van der Waals surface area (Å²) in [7, 11) is 0. The maximum Gasteiger partial charge on any atom is 0.0841 e. The minimum absolute atomic E-state index is 0.245. The number of aliphatic hydroxyl groups is 1. The molecular weight excluding hydrogens is 224 g/mol. The van der Waals surface area contributed by atoms with E-state index in [0.717, 1.165) is 38.6 Å². The highest BCUT2D eigenvalue weighted by atomic mass is 16.3. The average molecular weight is 250 g/mol. The van der Waals surface area contributed by atoms with Crippen LogP contribution in [0.3, 0.4) is 0 Å². The largest absolute Gasteiger partial charge is 0.390 e. The number of likely N-dealkylation sites (tertiary alicyclic amines) is 1. The molecule has 0 saturated carbocycles. The van der Waals surface area contributed by atoms with Crippen molar-refractivity contribution in [3.8, 4) is 0 Å². The van der Waals surface area contributed by atoms with Gasteiger partial charge in [-0.1, -0.05) is 19.1 Å². The van der Waals surface area contributed by atoms with Gasteiger partial charge in [0.05, 0.1) is 6.10 Å². The zero-order valence-corrected chi connectivity index (χ0v) is 11.7. The van der Waals surface area contributed by atoms with Gasteiger partial charge in [-0.3, -0.25) is 0 Å². The summed E-state index contributed by atoms with van der Waals surface area (Å²) in [6, 6.07) is 0. The Morgan fingerprint density at radius 3 is 3.00 bits per heavy atom. The van der Waals surface area contributed by atoms with Crippen molar-refractivity contribution >= 4 is 0 Å². The van der Waals surface area contributed by atoms with Gasteiger partial charge in [-0.15, -0.1) is 0 Å². The molecule has 0 aromatic carbocycles. The lowest BCUT2D eigenvalue weighted by molar-refractivity contribution is 0.0707. The summed E-state index contributed by atoms with van der Waals surface area (Å²) in [5.74, 6) is 0.783. The van der Waals surface area contributed by atoms with E-state index in [0.29, 0.717) is 0 Å². The quantitative estimate of drug-likeness (QED) is 0.825. The van der Waals surface area contributed by atoms with Gasteiger partial charge < -0.3 is 14.9 Å². The van der Waals surface area contributed by atoms with Gasteiger partial charge in [0.2, 0.25) is 0 Å². The zero-order chi connectivity index (χ0) is 13.0. The Hall–Kier alpha value is -0.800. The highest BCUT2D eigenvalue weighted by Crippen LogP contribution is 2.16. The molecule has 3 heteroatoms. The van der Waals surface area contributed by atoms with E-state index >= 15 is 0 Å². The summed E-state index contributed by atoms with van der Waals surface area (Å²) in [5, 5.41) is 10.2. The molecule has 0 bridgehead atoms. The number of rotatable bonds is 4. The zero-order valence-electron chi connectivity index (χ0n) is 11.7. The van der Waals surface area contributed by atoms with E-state index in [2.05, 4.69) is 42.0 Å². The normalized spacial score (nSPS) is 27.2. The number of hydrogen-bond acceptors (Lipinski definition) is 3. The van der Waals surface area contributed by atoms with E-state index in [9.17, 15) is 5.11 Å². The second-order valence-electron chi connectivity index (χ2n) is 5.89. The van der Waals surface area contributed by atoms with E-state index < -0.39 is 0 Å². The molecule has 0 radical (unpaired) electrons. The standard InChI is InChI=1S/C15H26N2O/c1-13-5-3-7-16(9-13)11-15(18)12-17-8-4-6-14(2)10-17/h3,5,9,14-15,18H,4,6-8,10-12H2,1-2H3. The smallest absolute Gasteiger partial charge is 0.0841 e. The molecule has 2 atom stereocenters. The van der Waals surface area contributed by atoms with Crippen molar-refractivity contribution in [3.63, 3.8) is 0 Å². The molecule has 1 N–H and O–H groups in total. The van der Waals surface area contributed by atoms with E-state index in [1.165, 1.54) is 18.4 Å². The third-order valence-corrected chi connectivity index (χ3v) is 3.76. The maximum atomic E-state index is 10.2. The Balaban J connectivity index is 1.74. The van der Waals surface area contributed by atoms with Crippen molar-refractivity contribution in [2.24, 2.45) is 5.92 Å². The van der Waals surface area contributed by atoms with E-state index in [-0.39, 0.29) is 6.10 Å². The summed E-state index contributed by atoms with van der Waals surface area (Å²) in [6.07, 6.45) is 8.80. The highest BCUT2D eigenvalue weighted by molar-refractivity contribution is 5.19. The Morgan fingerprint density at radius 2 is 2.28 bits per heavy atom. The predicted octanol–water partition coefficient (Wildman–Crippen LogP) is 1.85. The molecule has 0 amide bonds.